The topological polar surface area (TPSA) is 0 Å². The Kier molecular flexibility index (Phi) is 9.82. The molecule has 73 heavy (non-hydrogen) atoms. The van der Waals surface area contributed by atoms with Crippen LogP contribution in [0.1, 0.15) is 113 Å². The molecule has 0 nitrogen and oxygen atoms in total. The van der Waals surface area contributed by atoms with E-state index < -0.39 is 0 Å². The third-order valence-electron chi connectivity index (χ3n) is 19.3. The predicted octanol–water partition coefficient (Wildman–Crippen LogP) is 20.5. The lowest BCUT2D eigenvalue weighted by Gasteiger charge is -2.31. The Bertz CT molecular complexity index is 4030. The molecule has 0 bridgehead atoms. The second-order valence-electron chi connectivity index (χ2n) is 21.7. The first-order valence-corrected chi connectivity index (χ1v) is 27.4. The lowest BCUT2D eigenvalue weighted by atomic mass is 9.72. The molecule has 0 spiro atoms. The van der Waals surface area contributed by atoms with E-state index in [0.717, 1.165) is 38.5 Å². The van der Waals surface area contributed by atoms with Gasteiger partial charge in [0, 0.05) is 16.2 Å². The summed E-state index contributed by atoms with van der Waals surface area (Å²) in [5, 5.41) is 7.95. The molecular weight excluding hydrogens is 877 g/mol. The van der Waals surface area contributed by atoms with Crippen LogP contribution in [0.15, 0.2) is 194 Å². The van der Waals surface area contributed by atoms with E-state index in [1.807, 2.05) is 0 Å². The number of hydrogen-bond donors (Lipinski definition) is 0. The van der Waals surface area contributed by atoms with E-state index in [9.17, 15) is 0 Å². The molecule has 0 unspecified atom stereocenters. The van der Waals surface area contributed by atoms with E-state index >= 15 is 0 Å². The van der Waals surface area contributed by atoms with E-state index in [-0.39, 0.29) is 16.2 Å². The van der Waals surface area contributed by atoms with E-state index in [1.54, 1.807) is 0 Å². The SMILES string of the molecule is CCC1(CC)c2ccccc2-c2ccc(-c3ccc4c(c3)C(CC)(CC)c3cc(-c5ccc6c(c5)C(CC)(CC)c5cc(-c7ccccc7-c7ccc8ccc9cccc%10ccc7c8c9%10)ccc5-6)ccc3-4)cc21. The summed E-state index contributed by atoms with van der Waals surface area (Å²) < 4.78 is 0. The van der Waals surface area contributed by atoms with Crippen LogP contribution in [0.4, 0.5) is 0 Å². The third kappa shape index (κ3) is 5.90. The molecule has 0 saturated heterocycles. The van der Waals surface area contributed by atoms with Crippen LogP contribution in [0.5, 0.6) is 0 Å². The first-order valence-electron chi connectivity index (χ1n) is 27.4. The summed E-state index contributed by atoms with van der Waals surface area (Å²) in [7, 11) is 0. The largest absolute Gasteiger partial charge is 0.0642 e. The first-order chi connectivity index (χ1) is 35.8. The highest BCUT2D eigenvalue weighted by atomic mass is 14.5. The van der Waals surface area contributed by atoms with Gasteiger partial charge >= 0.3 is 0 Å². The maximum absolute atomic E-state index is 2.57. The summed E-state index contributed by atoms with van der Waals surface area (Å²) in [5.74, 6) is 0. The number of fused-ring (bicyclic) bond motifs is 9. The Morgan fingerprint density at radius 2 is 0.562 bits per heavy atom. The van der Waals surface area contributed by atoms with Gasteiger partial charge in [-0.2, -0.15) is 0 Å². The summed E-state index contributed by atoms with van der Waals surface area (Å²) in [6, 6.07) is 75.7. The van der Waals surface area contributed by atoms with Gasteiger partial charge in [0.05, 0.1) is 0 Å². The van der Waals surface area contributed by atoms with Crippen LogP contribution in [0.3, 0.4) is 0 Å². The molecule has 0 N–H and O–H groups in total. The van der Waals surface area contributed by atoms with Crippen LogP contribution >= 0.6 is 0 Å². The Balaban J connectivity index is 0.828. The molecule has 0 aliphatic heterocycles. The fourth-order valence-electron chi connectivity index (χ4n) is 15.3. The average Bonchev–Trinajstić information content (AvgIpc) is 4.02. The molecule has 0 atom stereocenters. The Morgan fingerprint density at radius 3 is 1.03 bits per heavy atom. The van der Waals surface area contributed by atoms with E-state index in [4.69, 9.17) is 0 Å². The summed E-state index contributed by atoms with van der Waals surface area (Å²) in [5.41, 5.74) is 27.6. The number of benzene rings is 11. The highest BCUT2D eigenvalue weighted by Crippen LogP contribution is 2.58. The summed E-state index contributed by atoms with van der Waals surface area (Å²) in [4.78, 5) is 0. The Labute approximate surface area is 431 Å². The number of hydrogen-bond acceptors (Lipinski definition) is 0. The molecule has 3 aliphatic rings. The molecule has 354 valence electrons. The molecule has 0 saturated carbocycles. The van der Waals surface area contributed by atoms with Gasteiger partial charge in [0.15, 0.2) is 0 Å². The van der Waals surface area contributed by atoms with Crippen LogP contribution in [-0.4, -0.2) is 0 Å². The van der Waals surface area contributed by atoms with Gasteiger partial charge in [-0.05, 0) is 212 Å². The van der Waals surface area contributed by atoms with Gasteiger partial charge in [-0.25, -0.2) is 0 Å². The molecule has 11 aromatic carbocycles. The summed E-state index contributed by atoms with van der Waals surface area (Å²) >= 11 is 0. The summed E-state index contributed by atoms with van der Waals surface area (Å²) in [6.45, 7) is 14.4. The number of rotatable bonds is 10. The van der Waals surface area contributed by atoms with Gasteiger partial charge in [-0.15, -0.1) is 0 Å². The van der Waals surface area contributed by atoms with Crippen LogP contribution < -0.4 is 0 Å². The fraction of sp³-hybridized carbons (Fsp3) is 0.205. The molecule has 0 radical (unpaired) electrons. The lowest BCUT2D eigenvalue weighted by Crippen LogP contribution is -2.23. The molecule has 0 heterocycles. The molecule has 0 aromatic heterocycles. The molecule has 3 aliphatic carbocycles. The van der Waals surface area contributed by atoms with Crippen molar-refractivity contribution in [3.63, 3.8) is 0 Å². The van der Waals surface area contributed by atoms with Crippen molar-refractivity contribution in [3.05, 3.63) is 228 Å². The Morgan fingerprint density at radius 1 is 0.233 bits per heavy atom. The van der Waals surface area contributed by atoms with Crippen LogP contribution in [0.25, 0.3) is 110 Å². The van der Waals surface area contributed by atoms with Crippen molar-refractivity contribution in [2.75, 3.05) is 0 Å². The zero-order chi connectivity index (χ0) is 49.4. The molecular formula is C73H62. The van der Waals surface area contributed by atoms with Crippen molar-refractivity contribution in [3.8, 4) is 77.9 Å². The van der Waals surface area contributed by atoms with E-state index in [0.29, 0.717) is 0 Å². The van der Waals surface area contributed by atoms with E-state index in [2.05, 4.69) is 236 Å². The van der Waals surface area contributed by atoms with Gasteiger partial charge in [-0.3, -0.25) is 0 Å². The smallest absolute Gasteiger partial charge is 0.0210 e. The van der Waals surface area contributed by atoms with Crippen molar-refractivity contribution in [1.29, 1.82) is 0 Å². The third-order valence-corrected chi connectivity index (χ3v) is 19.3. The average molecular weight is 939 g/mol. The van der Waals surface area contributed by atoms with Crippen molar-refractivity contribution in [2.24, 2.45) is 0 Å². The second-order valence-corrected chi connectivity index (χ2v) is 21.7. The first kappa shape index (κ1) is 44.2. The molecule has 0 amide bonds. The lowest BCUT2D eigenvalue weighted by molar-refractivity contribution is 0.490. The predicted molar refractivity (Wildman–Crippen MR) is 312 cm³/mol. The standard InChI is InChI=1S/C73H62/c1-7-71(8-2)63-23-16-15-22-56(63)57-34-28-48(40-64(57)71)49-29-35-58-59-36-30-50(42-66(59)72(9-3,10-4)65(58)41-49)51-31-37-60-61-38-32-52(44-68(61)73(11-5,12-6)67(60)43-51)53-20-13-14-21-54(53)55-33-26-47-25-24-45-18-17-19-46-27-39-62(55)70(47)69(45)46/h13-44H,7-12H2,1-6H3. The minimum absolute atomic E-state index is 0.0549. The maximum atomic E-state index is 2.57. The zero-order valence-corrected chi connectivity index (χ0v) is 43.2. The van der Waals surface area contributed by atoms with Crippen LogP contribution in [0.2, 0.25) is 0 Å². The van der Waals surface area contributed by atoms with Crippen molar-refractivity contribution in [2.45, 2.75) is 96.3 Å². The quantitative estimate of drug-likeness (QED) is 0.120. The van der Waals surface area contributed by atoms with Gasteiger partial charge in [0.25, 0.3) is 0 Å². The van der Waals surface area contributed by atoms with Gasteiger partial charge < -0.3 is 0 Å². The zero-order valence-electron chi connectivity index (χ0n) is 43.2. The molecule has 0 heteroatoms. The minimum atomic E-state index is -0.0904. The monoisotopic (exact) mass is 938 g/mol. The highest BCUT2D eigenvalue weighted by molar-refractivity contribution is 6.25. The van der Waals surface area contributed by atoms with Gasteiger partial charge in [0.1, 0.15) is 0 Å². The second kappa shape index (κ2) is 16.2. The molecule has 0 fully saturated rings. The fourth-order valence-corrected chi connectivity index (χ4v) is 15.3. The minimum Gasteiger partial charge on any atom is -0.0642 e. The maximum Gasteiger partial charge on any atom is 0.0210 e. The van der Waals surface area contributed by atoms with Crippen LogP contribution in [0, 0.1) is 0 Å². The molecule has 14 rings (SSSR count). The summed E-state index contributed by atoms with van der Waals surface area (Å²) in [6.07, 6.45) is 6.40. The van der Waals surface area contributed by atoms with Crippen molar-refractivity contribution >= 4 is 32.3 Å². The van der Waals surface area contributed by atoms with Crippen LogP contribution in [-0.2, 0) is 16.2 Å². The van der Waals surface area contributed by atoms with E-state index in [1.165, 1.54) is 144 Å². The molecule has 11 aromatic rings. The van der Waals surface area contributed by atoms with Crippen molar-refractivity contribution in [1.82, 2.24) is 0 Å². The highest BCUT2D eigenvalue weighted by Gasteiger charge is 2.44. The van der Waals surface area contributed by atoms with Gasteiger partial charge in [0.2, 0.25) is 0 Å². The van der Waals surface area contributed by atoms with Crippen molar-refractivity contribution < 1.29 is 0 Å². The van der Waals surface area contributed by atoms with Gasteiger partial charge in [-0.1, -0.05) is 205 Å². The Hall–Kier alpha value is -7.54. The normalized spacial score (nSPS) is 15.1.